The average Bonchev–Trinajstić information content (AvgIpc) is 3.03. The summed E-state index contributed by atoms with van der Waals surface area (Å²) >= 11 is -1.35. The van der Waals surface area contributed by atoms with Crippen LogP contribution in [0.25, 0.3) is 0 Å². The molecule has 1 fully saturated rings. The molecule has 2 aliphatic heterocycles. The molecule has 35 heavy (non-hydrogen) atoms. The number of fused-ring (bicyclic) bond motifs is 1. The predicted octanol–water partition coefficient (Wildman–Crippen LogP) is 5.19. The normalized spacial score (nSPS) is 20.3. The minimum atomic E-state index is -3.83. The maximum Gasteiger partial charge on any atom is 0.264 e. The van der Waals surface area contributed by atoms with Gasteiger partial charge in [-0.3, -0.25) is 4.31 Å². The fourth-order valence-electron chi connectivity index (χ4n) is 4.89. The molecule has 4 rings (SSSR count). The van der Waals surface area contributed by atoms with Crippen LogP contribution in [0.4, 0.5) is 11.4 Å². The van der Waals surface area contributed by atoms with Gasteiger partial charge in [-0.05, 0) is 60.9 Å². The van der Waals surface area contributed by atoms with Crippen molar-refractivity contribution in [3.8, 4) is 0 Å². The molecular weight excluding hydrogens is 480 g/mol. The number of anilines is 2. The van der Waals surface area contributed by atoms with Crippen LogP contribution >= 0.6 is 0 Å². The molecule has 6 nitrogen and oxygen atoms in total. The van der Waals surface area contributed by atoms with Crippen molar-refractivity contribution < 1.29 is 17.7 Å². The lowest BCUT2D eigenvalue weighted by atomic mass is 9.98. The summed E-state index contributed by atoms with van der Waals surface area (Å²) in [4.78, 5) is 2.40. The quantitative estimate of drug-likeness (QED) is 0.450. The van der Waals surface area contributed by atoms with E-state index < -0.39 is 26.1 Å². The molecule has 1 saturated heterocycles. The number of aryl methyl sites for hydroxylation is 1. The molecule has 0 radical (unpaired) electrons. The smallest absolute Gasteiger partial charge is 0.264 e. The van der Waals surface area contributed by atoms with Gasteiger partial charge in [-0.25, -0.2) is 8.42 Å². The van der Waals surface area contributed by atoms with Crippen LogP contribution in [0.1, 0.15) is 53.0 Å². The van der Waals surface area contributed by atoms with Gasteiger partial charge in [-0.15, -0.1) is 0 Å². The van der Waals surface area contributed by atoms with E-state index in [1.54, 1.807) is 12.1 Å². The van der Waals surface area contributed by atoms with Crippen LogP contribution < -0.4 is 9.21 Å². The third-order valence-corrected chi connectivity index (χ3v) is 10.7. The SMILES string of the molecule is CCc1ccc(N(CC(C)C)S(=O)(=O)c2ccc3c(c2)[S+]([O-])C(C)(C)N3CC2CCOCC2)cc1. The third-order valence-electron chi connectivity index (χ3n) is 7.06. The van der Waals surface area contributed by atoms with E-state index in [9.17, 15) is 13.0 Å². The summed E-state index contributed by atoms with van der Waals surface area (Å²) < 4.78 is 48.3. The Morgan fingerprint density at radius 3 is 2.40 bits per heavy atom. The van der Waals surface area contributed by atoms with Crippen LogP contribution in [0.2, 0.25) is 0 Å². The average molecular weight is 519 g/mol. The van der Waals surface area contributed by atoms with Gasteiger partial charge in [0.25, 0.3) is 10.0 Å². The van der Waals surface area contributed by atoms with E-state index in [1.807, 2.05) is 58.0 Å². The van der Waals surface area contributed by atoms with E-state index in [2.05, 4.69) is 11.8 Å². The van der Waals surface area contributed by atoms with E-state index in [-0.39, 0.29) is 10.8 Å². The van der Waals surface area contributed by atoms with Crippen molar-refractivity contribution in [2.75, 3.05) is 35.5 Å². The van der Waals surface area contributed by atoms with Crippen molar-refractivity contribution in [1.82, 2.24) is 0 Å². The monoisotopic (exact) mass is 518 g/mol. The first kappa shape index (κ1) is 26.3. The van der Waals surface area contributed by atoms with Crippen LogP contribution in [0.5, 0.6) is 0 Å². The van der Waals surface area contributed by atoms with Crippen molar-refractivity contribution in [2.24, 2.45) is 11.8 Å². The molecule has 2 heterocycles. The van der Waals surface area contributed by atoms with Gasteiger partial charge < -0.3 is 14.2 Å². The van der Waals surface area contributed by atoms with Crippen LogP contribution in [-0.4, -0.2) is 44.1 Å². The van der Waals surface area contributed by atoms with Gasteiger partial charge in [-0.2, -0.15) is 0 Å². The molecule has 0 N–H and O–H groups in total. The second kappa shape index (κ2) is 10.3. The van der Waals surface area contributed by atoms with Crippen molar-refractivity contribution in [3.63, 3.8) is 0 Å². The number of hydrogen-bond donors (Lipinski definition) is 0. The highest BCUT2D eigenvalue weighted by Gasteiger charge is 2.50. The number of ether oxygens (including phenoxy) is 1. The Kier molecular flexibility index (Phi) is 7.77. The lowest BCUT2D eigenvalue weighted by Gasteiger charge is -2.35. The molecule has 192 valence electrons. The highest BCUT2D eigenvalue weighted by atomic mass is 32.2. The summed E-state index contributed by atoms with van der Waals surface area (Å²) in [6.45, 7) is 12.8. The molecule has 0 saturated carbocycles. The van der Waals surface area contributed by atoms with E-state index in [0.29, 0.717) is 23.0 Å². The predicted molar refractivity (Wildman–Crippen MR) is 143 cm³/mol. The highest BCUT2D eigenvalue weighted by molar-refractivity contribution is 7.94. The first-order valence-electron chi connectivity index (χ1n) is 12.6. The molecule has 0 bridgehead atoms. The second-order valence-corrected chi connectivity index (χ2v) is 14.3. The number of rotatable bonds is 8. The molecule has 2 aromatic carbocycles. The van der Waals surface area contributed by atoms with E-state index in [4.69, 9.17) is 4.74 Å². The summed E-state index contributed by atoms with van der Waals surface area (Å²) in [5, 5.41) is 0. The third kappa shape index (κ3) is 5.22. The fraction of sp³-hybridized carbons (Fsp3) is 0.556. The van der Waals surface area contributed by atoms with Gasteiger partial charge in [0.1, 0.15) is 0 Å². The van der Waals surface area contributed by atoms with Crippen molar-refractivity contribution >= 4 is 32.6 Å². The molecule has 0 spiro atoms. The van der Waals surface area contributed by atoms with E-state index in [1.165, 1.54) is 4.31 Å². The zero-order valence-corrected chi connectivity index (χ0v) is 23.1. The van der Waals surface area contributed by atoms with E-state index >= 15 is 0 Å². The van der Waals surface area contributed by atoms with Gasteiger partial charge in [0.05, 0.1) is 16.3 Å². The topological polar surface area (TPSA) is 72.9 Å². The minimum absolute atomic E-state index is 0.146. The number of nitrogens with zero attached hydrogens (tertiary/aromatic N) is 2. The molecule has 0 aromatic heterocycles. The first-order chi connectivity index (χ1) is 16.6. The molecule has 0 aliphatic carbocycles. The Labute approximate surface area is 213 Å². The Morgan fingerprint density at radius 2 is 1.80 bits per heavy atom. The summed E-state index contributed by atoms with van der Waals surface area (Å²) in [6, 6.07) is 12.9. The molecule has 0 amide bonds. The Morgan fingerprint density at radius 1 is 1.14 bits per heavy atom. The minimum Gasteiger partial charge on any atom is -0.610 e. The van der Waals surface area contributed by atoms with Gasteiger partial charge in [0.15, 0.2) is 9.77 Å². The second-order valence-electron chi connectivity index (χ2n) is 10.5. The summed E-state index contributed by atoms with van der Waals surface area (Å²) in [7, 11) is -3.83. The molecule has 2 aromatic rings. The van der Waals surface area contributed by atoms with E-state index in [0.717, 1.165) is 50.3 Å². The van der Waals surface area contributed by atoms with Crippen LogP contribution in [0.15, 0.2) is 52.3 Å². The first-order valence-corrected chi connectivity index (χ1v) is 15.2. The van der Waals surface area contributed by atoms with Crippen molar-refractivity contribution in [3.05, 3.63) is 48.0 Å². The zero-order valence-electron chi connectivity index (χ0n) is 21.5. The highest BCUT2D eigenvalue weighted by Crippen LogP contribution is 2.46. The molecule has 8 heteroatoms. The van der Waals surface area contributed by atoms with Gasteiger partial charge >= 0.3 is 0 Å². The number of benzene rings is 2. The molecule has 1 unspecified atom stereocenters. The Hall–Kier alpha value is -1.74. The summed E-state index contributed by atoms with van der Waals surface area (Å²) in [5.74, 6) is 0.620. The van der Waals surface area contributed by atoms with Crippen LogP contribution in [-0.2, 0) is 32.4 Å². The Bertz CT molecular complexity index is 1130. The largest absolute Gasteiger partial charge is 0.610 e. The standard InChI is InChI=1S/C27H38N2O4S2/c1-6-21-7-9-23(10-8-21)29(18-20(2)3)35(31,32)24-11-12-25-26(17-24)34(30)27(4,5)28(25)19-22-13-15-33-16-14-22/h7-12,17,20,22H,6,13-16,18-19H2,1-5H3. The molecular formula is C27H38N2O4S2. The van der Waals surface area contributed by atoms with Crippen LogP contribution in [0, 0.1) is 11.8 Å². The number of sulfonamides is 1. The lowest BCUT2D eigenvalue weighted by Crippen LogP contribution is -2.47. The molecule has 2 aliphatic rings. The van der Waals surface area contributed by atoms with Gasteiger partial charge in [0, 0.05) is 57.4 Å². The maximum atomic E-state index is 13.9. The van der Waals surface area contributed by atoms with Gasteiger partial charge in [0.2, 0.25) is 0 Å². The number of hydrogen-bond acceptors (Lipinski definition) is 5. The van der Waals surface area contributed by atoms with Crippen molar-refractivity contribution in [2.45, 2.75) is 68.5 Å². The fourth-order valence-corrected chi connectivity index (χ4v) is 8.13. The van der Waals surface area contributed by atoms with Crippen molar-refractivity contribution in [1.29, 1.82) is 0 Å². The maximum absolute atomic E-state index is 13.9. The lowest BCUT2D eigenvalue weighted by molar-refractivity contribution is 0.0676. The summed E-state index contributed by atoms with van der Waals surface area (Å²) in [5.41, 5.74) is 2.69. The summed E-state index contributed by atoms with van der Waals surface area (Å²) in [6.07, 6.45) is 2.87. The zero-order chi connectivity index (χ0) is 25.4. The molecule has 1 atom stereocenters. The van der Waals surface area contributed by atoms with Gasteiger partial charge in [-0.1, -0.05) is 32.9 Å². The van der Waals surface area contributed by atoms with Crippen LogP contribution in [0.3, 0.4) is 0 Å². The Balaban J connectivity index is 1.69.